The first-order valence-electron chi connectivity index (χ1n) is 8.74. The van der Waals surface area contributed by atoms with Gasteiger partial charge in [0.05, 0.1) is 0 Å². The number of fused-ring (bicyclic) bond motifs is 1. The van der Waals surface area contributed by atoms with E-state index in [-0.39, 0.29) is 17.4 Å². The van der Waals surface area contributed by atoms with Crippen LogP contribution in [0.2, 0.25) is 5.02 Å². The Bertz CT molecular complexity index is 1070. The summed E-state index contributed by atoms with van der Waals surface area (Å²) in [6, 6.07) is 10.2. The number of nitrogens with zero attached hydrogens (tertiary/aromatic N) is 2. The van der Waals surface area contributed by atoms with Crippen LogP contribution in [0, 0.1) is 11.6 Å². The van der Waals surface area contributed by atoms with E-state index in [0.717, 1.165) is 23.0 Å². The summed E-state index contributed by atoms with van der Waals surface area (Å²) < 4.78 is 26.4. The second-order valence-electron chi connectivity index (χ2n) is 6.63. The molecule has 1 N–H and O–H groups in total. The van der Waals surface area contributed by atoms with Crippen molar-refractivity contribution in [3.05, 3.63) is 70.4 Å². The Morgan fingerprint density at radius 3 is 2.21 bits per heavy atom. The van der Waals surface area contributed by atoms with Gasteiger partial charge in [-0.05, 0) is 42.5 Å². The van der Waals surface area contributed by atoms with E-state index in [9.17, 15) is 18.4 Å². The van der Waals surface area contributed by atoms with Crippen LogP contribution in [-0.2, 0) is 0 Å². The van der Waals surface area contributed by atoms with E-state index < -0.39 is 11.6 Å². The molecule has 0 radical (unpaired) electrons. The lowest BCUT2D eigenvalue weighted by atomic mass is 10.1. The van der Waals surface area contributed by atoms with Gasteiger partial charge in [0.1, 0.15) is 5.69 Å². The first kappa shape index (κ1) is 18.4. The SMILES string of the molecule is O=C(c1ccc(F)c(F)c1)N1CCN(C(=O)c2cc3cc(Cl)ccc3[nH]2)CC1. The average Bonchev–Trinajstić information content (AvgIpc) is 3.12. The van der Waals surface area contributed by atoms with Crippen LogP contribution in [0.4, 0.5) is 8.78 Å². The van der Waals surface area contributed by atoms with Gasteiger partial charge in [0.2, 0.25) is 0 Å². The number of aromatic nitrogens is 1. The molecule has 1 saturated heterocycles. The maximum absolute atomic E-state index is 13.4. The molecule has 28 heavy (non-hydrogen) atoms. The number of H-pyrrole nitrogens is 1. The molecular weight excluding hydrogens is 388 g/mol. The molecule has 2 amide bonds. The van der Waals surface area contributed by atoms with E-state index in [1.807, 2.05) is 6.07 Å². The van der Waals surface area contributed by atoms with Gasteiger partial charge in [0.15, 0.2) is 11.6 Å². The maximum Gasteiger partial charge on any atom is 0.270 e. The quantitative estimate of drug-likeness (QED) is 0.709. The first-order chi connectivity index (χ1) is 13.4. The standard InChI is InChI=1S/C20H16ClF2N3O2/c21-14-2-4-17-13(9-14)11-18(24-17)20(28)26-7-5-25(6-8-26)19(27)12-1-3-15(22)16(23)10-12/h1-4,9-11,24H,5-8H2. The molecule has 2 aromatic carbocycles. The summed E-state index contributed by atoms with van der Waals surface area (Å²) in [5.74, 6) is -2.59. The van der Waals surface area contributed by atoms with Crippen molar-refractivity contribution in [2.75, 3.05) is 26.2 Å². The number of piperazine rings is 1. The van der Waals surface area contributed by atoms with Crippen LogP contribution in [0.5, 0.6) is 0 Å². The Labute approximate surface area is 164 Å². The molecule has 1 fully saturated rings. The summed E-state index contributed by atoms with van der Waals surface area (Å²) in [5, 5.41) is 1.44. The second-order valence-corrected chi connectivity index (χ2v) is 7.06. The van der Waals surface area contributed by atoms with Gasteiger partial charge < -0.3 is 14.8 Å². The third-order valence-electron chi connectivity index (χ3n) is 4.83. The van der Waals surface area contributed by atoms with Gasteiger partial charge in [-0.1, -0.05) is 11.6 Å². The van der Waals surface area contributed by atoms with Crippen molar-refractivity contribution in [2.24, 2.45) is 0 Å². The van der Waals surface area contributed by atoms with E-state index in [1.165, 1.54) is 11.0 Å². The zero-order chi connectivity index (χ0) is 19.8. The van der Waals surface area contributed by atoms with Crippen molar-refractivity contribution >= 4 is 34.3 Å². The normalized spacial score (nSPS) is 14.5. The van der Waals surface area contributed by atoms with Crippen LogP contribution < -0.4 is 0 Å². The highest BCUT2D eigenvalue weighted by molar-refractivity contribution is 6.31. The highest BCUT2D eigenvalue weighted by Gasteiger charge is 2.26. The summed E-state index contributed by atoms with van der Waals surface area (Å²) in [4.78, 5) is 31.5. The van der Waals surface area contributed by atoms with Gasteiger partial charge in [0.25, 0.3) is 11.8 Å². The molecule has 0 atom stereocenters. The highest BCUT2D eigenvalue weighted by Crippen LogP contribution is 2.21. The molecule has 0 bridgehead atoms. The molecule has 0 aliphatic carbocycles. The van der Waals surface area contributed by atoms with Gasteiger partial charge in [-0.2, -0.15) is 0 Å². The topological polar surface area (TPSA) is 56.4 Å². The molecule has 8 heteroatoms. The summed E-state index contributed by atoms with van der Waals surface area (Å²) >= 11 is 5.98. The van der Waals surface area contributed by atoms with E-state index in [2.05, 4.69) is 4.98 Å². The number of rotatable bonds is 2. The number of carbonyl (C=O) groups excluding carboxylic acids is 2. The first-order valence-corrected chi connectivity index (χ1v) is 9.12. The number of halogens is 3. The van der Waals surface area contributed by atoms with Gasteiger partial charge in [-0.15, -0.1) is 0 Å². The second kappa shape index (κ2) is 7.24. The Morgan fingerprint density at radius 2 is 1.54 bits per heavy atom. The van der Waals surface area contributed by atoms with Crippen LogP contribution in [0.3, 0.4) is 0 Å². The Hall–Kier alpha value is -2.93. The molecule has 0 saturated carbocycles. The number of benzene rings is 2. The van der Waals surface area contributed by atoms with Crippen molar-refractivity contribution in [2.45, 2.75) is 0 Å². The molecule has 0 spiro atoms. The fourth-order valence-electron chi connectivity index (χ4n) is 3.31. The van der Waals surface area contributed by atoms with Gasteiger partial charge in [0, 0.05) is 47.7 Å². The molecule has 0 unspecified atom stereocenters. The molecule has 2 heterocycles. The predicted molar refractivity (Wildman–Crippen MR) is 101 cm³/mol. The lowest BCUT2D eigenvalue weighted by Crippen LogP contribution is -2.50. The number of amides is 2. The number of hydrogen-bond acceptors (Lipinski definition) is 2. The summed E-state index contributed by atoms with van der Waals surface area (Å²) in [7, 11) is 0. The minimum absolute atomic E-state index is 0.0890. The zero-order valence-electron chi connectivity index (χ0n) is 14.7. The number of carbonyl (C=O) groups is 2. The highest BCUT2D eigenvalue weighted by atomic mass is 35.5. The third-order valence-corrected chi connectivity index (χ3v) is 5.07. The van der Waals surface area contributed by atoms with E-state index in [0.29, 0.717) is 36.9 Å². The molecule has 1 aromatic heterocycles. The fourth-order valence-corrected chi connectivity index (χ4v) is 3.49. The minimum atomic E-state index is -1.06. The van der Waals surface area contributed by atoms with E-state index in [1.54, 1.807) is 23.1 Å². The summed E-state index contributed by atoms with van der Waals surface area (Å²) in [6.45, 7) is 1.33. The van der Waals surface area contributed by atoms with Crippen molar-refractivity contribution in [3.63, 3.8) is 0 Å². The smallest absolute Gasteiger partial charge is 0.270 e. The van der Waals surface area contributed by atoms with Crippen LogP contribution in [0.15, 0.2) is 42.5 Å². The Morgan fingerprint density at radius 1 is 0.857 bits per heavy atom. The monoisotopic (exact) mass is 403 g/mol. The summed E-state index contributed by atoms with van der Waals surface area (Å²) in [6.07, 6.45) is 0. The number of aromatic amines is 1. The molecule has 144 valence electrons. The number of hydrogen-bond donors (Lipinski definition) is 1. The van der Waals surface area contributed by atoms with Gasteiger partial charge >= 0.3 is 0 Å². The molecule has 5 nitrogen and oxygen atoms in total. The summed E-state index contributed by atoms with van der Waals surface area (Å²) in [5.41, 5.74) is 1.36. The lowest BCUT2D eigenvalue weighted by Gasteiger charge is -2.34. The number of nitrogens with one attached hydrogen (secondary N) is 1. The minimum Gasteiger partial charge on any atom is -0.351 e. The van der Waals surface area contributed by atoms with E-state index >= 15 is 0 Å². The van der Waals surface area contributed by atoms with Crippen LogP contribution >= 0.6 is 11.6 Å². The molecule has 4 rings (SSSR count). The zero-order valence-corrected chi connectivity index (χ0v) is 15.5. The molecular formula is C20H16ClF2N3O2. The van der Waals surface area contributed by atoms with Crippen molar-refractivity contribution in [3.8, 4) is 0 Å². The Kier molecular flexibility index (Phi) is 4.77. The molecule has 3 aromatic rings. The average molecular weight is 404 g/mol. The van der Waals surface area contributed by atoms with Crippen molar-refractivity contribution < 1.29 is 18.4 Å². The maximum atomic E-state index is 13.4. The molecule has 1 aliphatic rings. The van der Waals surface area contributed by atoms with Crippen molar-refractivity contribution in [1.29, 1.82) is 0 Å². The van der Waals surface area contributed by atoms with Crippen molar-refractivity contribution in [1.82, 2.24) is 14.8 Å². The largest absolute Gasteiger partial charge is 0.351 e. The van der Waals surface area contributed by atoms with Gasteiger partial charge in [-0.3, -0.25) is 9.59 Å². The Balaban J connectivity index is 1.43. The predicted octanol–water partition coefficient (Wildman–Crippen LogP) is 3.70. The van der Waals surface area contributed by atoms with E-state index in [4.69, 9.17) is 11.6 Å². The van der Waals surface area contributed by atoms with Crippen LogP contribution in [-0.4, -0.2) is 52.8 Å². The van der Waals surface area contributed by atoms with Gasteiger partial charge in [-0.25, -0.2) is 8.78 Å². The molecule has 1 aliphatic heterocycles. The lowest BCUT2D eigenvalue weighted by molar-refractivity contribution is 0.0532. The third kappa shape index (κ3) is 3.45. The van der Waals surface area contributed by atoms with Crippen LogP contribution in [0.25, 0.3) is 10.9 Å². The van der Waals surface area contributed by atoms with Crippen LogP contribution in [0.1, 0.15) is 20.8 Å². The fraction of sp³-hybridized carbons (Fsp3) is 0.200.